The Bertz CT molecular complexity index is 1050. The molecule has 0 spiro atoms. The van der Waals surface area contributed by atoms with E-state index in [0.717, 1.165) is 34.9 Å². The van der Waals surface area contributed by atoms with Crippen molar-refractivity contribution in [1.29, 1.82) is 0 Å². The molecule has 2 aromatic heterocycles. The quantitative estimate of drug-likeness (QED) is 0.734. The fourth-order valence-electron chi connectivity index (χ4n) is 3.65. The normalized spacial score (nSPS) is 16.6. The second-order valence-electron chi connectivity index (χ2n) is 7.45. The lowest BCUT2D eigenvalue weighted by Gasteiger charge is -2.24. The minimum atomic E-state index is -0.236. The van der Waals surface area contributed by atoms with E-state index in [1.165, 1.54) is 6.26 Å². The van der Waals surface area contributed by atoms with Gasteiger partial charge < -0.3 is 19.0 Å². The van der Waals surface area contributed by atoms with Gasteiger partial charge in [-0.1, -0.05) is 0 Å². The van der Waals surface area contributed by atoms with Crippen molar-refractivity contribution in [2.24, 2.45) is 0 Å². The van der Waals surface area contributed by atoms with Crippen molar-refractivity contribution >= 4 is 16.8 Å². The number of carbonyl (C=O) groups excluding carboxylic acids is 1. The zero-order valence-corrected chi connectivity index (χ0v) is 16.2. The number of carbonyl (C=O) groups is 1. The van der Waals surface area contributed by atoms with Gasteiger partial charge in [-0.3, -0.25) is 9.59 Å². The SMILES string of the molecule is Cc1cc2cc(CN(C[C@@H]3CCCO3)C(=O)c3ccco3)c(=O)[nH]c2cc1C. The molecule has 0 saturated carbocycles. The van der Waals surface area contributed by atoms with Gasteiger partial charge in [0.2, 0.25) is 0 Å². The van der Waals surface area contributed by atoms with Gasteiger partial charge in [0.15, 0.2) is 5.76 Å². The molecule has 28 heavy (non-hydrogen) atoms. The maximum absolute atomic E-state index is 12.9. The highest BCUT2D eigenvalue weighted by Crippen LogP contribution is 2.20. The first-order valence-corrected chi connectivity index (χ1v) is 9.59. The molecule has 1 amide bonds. The molecule has 4 rings (SSSR count). The van der Waals surface area contributed by atoms with Crippen LogP contribution in [0.15, 0.2) is 45.8 Å². The zero-order valence-electron chi connectivity index (χ0n) is 16.2. The number of H-pyrrole nitrogens is 1. The zero-order chi connectivity index (χ0) is 19.7. The molecule has 1 aromatic carbocycles. The molecule has 1 N–H and O–H groups in total. The molecular formula is C22H24N2O4. The smallest absolute Gasteiger partial charge is 0.289 e. The van der Waals surface area contributed by atoms with E-state index >= 15 is 0 Å². The third-order valence-corrected chi connectivity index (χ3v) is 5.36. The van der Waals surface area contributed by atoms with E-state index in [2.05, 4.69) is 11.1 Å². The van der Waals surface area contributed by atoms with Crippen molar-refractivity contribution in [2.75, 3.05) is 13.2 Å². The topological polar surface area (TPSA) is 75.5 Å². The fraction of sp³-hybridized carbons (Fsp3) is 0.364. The van der Waals surface area contributed by atoms with Gasteiger partial charge in [-0.2, -0.15) is 0 Å². The van der Waals surface area contributed by atoms with Crippen LogP contribution < -0.4 is 5.56 Å². The van der Waals surface area contributed by atoms with Crippen LogP contribution in [0.5, 0.6) is 0 Å². The molecule has 146 valence electrons. The van der Waals surface area contributed by atoms with Crippen LogP contribution in [0.1, 0.15) is 40.1 Å². The fourth-order valence-corrected chi connectivity index (χ4v) is 3.65. The lowest BCUT2D eigenvalue weighted by molar-refractivity contribution is 0.0483. The van der Waals surface area contributed by atoms with Crippen molar-refractivity contribution in [3.63, 3.8) is 0 Å². The Morgan fingerprint density at radius 2 is 2.07 bits per heavy atom. The van der Waals surface area contributed by atoms with E-state index in [1.807, 2.05) is 26.0 Å². The lowest BCUT2D eigenvalue weighted by atomic mass is 10.0. The molecular weight excluding hydrogens is 356 g/mol. The van der Waals surface area contributed by atoms with E-state index in [9.17, 15) is 9.59 Å². The monoisotopic (exact) mass is 380 g/mol. The predicted octanol–water partition coefficient (Wildman–Crippen LogP) is 3.56. The predicted molar refractivity (Wildman–Crippen MR) is 106 cm³/mol. The largest absolute Gasteiger partial charge is 0.459 e. The minimum absolute atomic E-state index is 0.0108. The Hall–Kier alpha value is -2.86. The number of ether oxygens (including phenoxy) is 1. The van der Waals surface area contributed by atoms with Crippen LogP contribution in [0.25, 0.3) is 10.9 Å². The number of nitrogens with zero attached hydrogens (tertiary/aromatic N) is 1. The second kappa shape index (κ2) is 7.64. The van der Waals surface area contributed by atoms with Gasteiger partial charge in [0.25, 0.3) is 11.5 Å². The number of benzene rings is 1. The maximum Gasteiger partial charge on any atom is 0.289 e. The van der Waals surface area contributed by atoms with Crippen LogP contribution in [-0.4, -0.2) is 35.0 Å². The summed E-state index contributed by atoms with van der Waals surface area (Å²) in [5, 5.41) is 0.959. The Balaban J connectivity index is 1.67. The number of aromatic amines is 1. The number of amides is 1. The van der Waals surface area contributed by atoms with Crippen molar-refractivity contribution < 1.29 is 13.9 Å². The molecule has 6 nitrogen and oxygen atoms in total. The van der Waals surface area contributed by atoms with Crippen LogP contribution in [0.4, 0.5) is 0 Å². The molecule has 1 aliphatic heterocycles. The second-order valence-corrected chi connectivity index (χ2v) is 7.45. The van der Waals surface area contributed by atoms with Crippen LogP contribution >= 0.6 is 0 Å². The summed E-state index contributed by atoms with van der Waals surface area (Å²) in [6.45, 7) is 5.42. The number of rotatable bonds is 5. The molecule has 6 heteroatoms. The Kier molecular flexibility index (Phi) is 5.05. The standard InChI is InChI=1S/C22H24N2O4/c1-14-9-16-11-17(21(25)23-19(16)10-15(14)2)12-24(13-18-5-3-7-27-18)22(26)20-6-4-8-28-20/h4,6,8-11,18H,3,5,7,12-13H2,1-2H3,(H,23,25)/t18-/m0/s1. The van der Waals surface area contributed by atoms with Gasteiger partial charge >= 0.3 is 0 Å². The van der Waals surface area contributed by atoms with Gasteiger partial charge in [0.1, 0.15) is 0 Å². The highest BCUT2D eigenvalue weighted by Gasteiger charge is 2.25. The molecule has 0 bridgehead atoms. The Morgan fingerprint density at radius 1 is 1.25 bits per heavy atom. The van der Waals surface area contributed by atoms with Gasteiger partial charge in [-0.15, -0.1) is 0 Å². The Morgan fingerprint density at radius 3 is 2.79 bits per heavy atom. The van der Waals surface area contributed by atoms with E-state index < -0.39 is 0 Å². The summed E-state index contributed by atoms with van der Waals surface area (Å²) in [5.74, 6) is 0.0294. The lowest BCUT2D eigenvalue weighted by Crippen LogP contribution is -2.38. The number of nitrogens with one attached hydrogen (secondary N) is 1. The summed E-state index contributed by atoms with van der Waals surface area (Å²) in [6, 6.07) is 9.24. The van der Waals surface area contributed by atoms with Gasteiger partial charge in [0.05, 0.1) is 18.9 Å². The third-order valence-electron chi connectivity index (χ3n) is 5.36. The first kappa shape index (κ1) is 18.5. The molecule has 1 fully saturated rings. The summed E-state index contributed by atoms with van der Waals surface area (Å²) in [5.41, 5.74) is 3.46. The number of aromatic nitrogens is 1. The summed E-state index contributed by atoms with van der Waals surface area (Å²) in [4.78, 5) is 30.2. The third kappa shape index (κ3) is 3.73. The van der Waals surface area contributed by atoms with E-state index in [1.54, 1.807) is 17.0 Å². The van der Waals surface area contributed by atoms with E-state index in [0.29, 0.717) is 18.7 Å². The molecule has 3 aromatic rings. The average molecular weight is 380 g/mol. The summed E-state index contributed by atoms with van der Waals surface area (Å²) < 4.78 is 11.0. The summed E-state index contributed by atoms with van der Waals surface area (Å²) in [7, 11) is 0. The van der Waals surface area contributed by atoms with Crippen LogP contribution in [0.3, 0.4) is 0 Å². The highest BCUT2D eigenvalue weighted by atomic mass is 16.5. The number of hydrogen-bond acceptors (Lipinski definition) is 4. The van der Waals surface area contributed by atoms with Crippen LogP contribution in [0, 0.1) is 13.8 Å². The van der Waals surface area contributed by atoms with E-state index in [-0.39, 0.29) is 29.9 Å². The molecule has 1 atom stereocenters. The van der Waals surface area contributed by atoms with Crippen molar-refractivity contribution in [3.8, 4) is 0 Å². The molecule has 1 saturated heterocycles. The van der Waals surface area contributed by atoms with Gasteiger partial charge in [0, 0.05) is 24.2 Å². The van der Waals surface area contributed by atoms with Crippen LogP contribution in [-0.2, 0) is 11.3 Å². The number of furan rings is 1. The maximum atomic E-state index is 12.9. The molecule has 1 aliphatic rings. The highest BCUT2D eigenvalue weighted by molar-refractivity contribution is 5.91. The minimum Gasteiger partial charge on any atom is -0.459 e. The van der Waals surface area contributed by atoms with Crippen molar-refractivity contribution in [2.45, 2.75) is 39.3 Å². The molecule has 0 radical (unpaired) electrons. The number of aryl methyl sites for hydroxylation is 2. The van der Waals surface area contributed by atoms with E-state index in [4.69, 9.17) is 9.15 Å². The first-order chi connectivity index (χ1) is 13.5. The number of pyridine rings is 1. The van der Waals surface area contributed by atoms with Crippen molar-refractivity contribution in [1.82, 2.24) is 9.88 Å². The number of fused-ring (bicyclic) bond motifs is 1. The van der Waals surface area contributed by atoms with Gasteiger partial charge in [-0.25, -0.2) is 0 Å². The number of hydrogen-bond donors (Lipinski definition) is 1. The summed E-state index contributed by atoms with van der Waals surface area (Å²) >= 11 is 0. The Labute approximate surface area is 163 Å². The average Bonchev–Trinajstić information content (AvgIpc) is 3.37. The first-order valence-electron chi connectivity index (χ1n) is 9.59. The van der Waals surface area contributed by atoms with Gasteiger partial charge in [-0.05, 0) is 73.5 Å². The summed E-state index contributed by atoms with van der Waals surface area (Å²) in [6.07, 6.45) is 3.37. The van der Waals surface area contributed by atoms with Crippen molar-refractivity contribution in [3.05, 3.63) is 69.4 Å². The molecule has 3 heterocycles. The van der Waals surface area contributed by atoms with Crippen LogP contribution in [0.2, 0.25) is 0 Å². The molecule has 0 aliphatic carbocycles. The molecule has 0 unspecified atom stereocenters.